The molecule has 0 radical (unpaired) electrons. The van der Waals surface area contributed by atoms with Crippen LogP contribution in [0.3, 0.4) is 0 Å². The Morgan fingerprint density at radius 3 is 2.71 bits per heavy atom. The van der Waals surface area contributed by atoms with E-state index in [0.29, 0.717) is 0 Å². The minimum absolute atomic E-state index is 0.108. The number of nitrogens with zero attached hydrogens (tertiary/aromatic N) is 1. The lowest BCUT2D eigenvalue weighted by Crippen LogP contribution is -2.63. The molecule has 0 bridgehead atoms. The van der Waals surface area contributed by atoms with Gasteiger partial charge in [-0.25, -0.2) is 4.79 Å². The molecule has 0 unspecified atom stereocenters. The van der Waals surface area contributed by atoms with Crippen molar-refractivity contribution in [3.8, 4) is 0 Å². The fraction of sp³-hybridized carbons (Fsp3) is 0.333. The Morgan fingerprint density at radius 2 is 2.14 bits per heavy atom. The number of carbonyl (C=O) groups excluding carboxylic acids is 1. The van der Waals surface area contributed by atoms with Gasteiger partial charge in [-0.3, -0.25) is 9.69 Å². The van der Waals surface area contributed by atoms with Crippen LogP contribution in [0, 0.1) is 0 Å². The average Bonchev–Trinajstić information content (AvgIpc) is 2.70. The van der Waals surface area contributed by atoms with Crippen LogP contribution in [0.15, 0.2) is 42.2 Å². The van der Waals surface area contributed by atoms with Crippen molar-refractivity contribution in [3.63, 3.8) is 0 Å². The zero-order chi connectivity index (χ0) is 15.0. The Balaban J connectivity index is 2.07. The van der Waals surface area contributed by atoms with E-state index < -0.39 is 17.7 Å². The van der Waals surface area contributed by atoms with Gasteiger partial charge in [-0.2, -0.15) is 0 Å². The molecule has 21 heavy (non-hydrogen) atoms. The van der Waals surface area contributed by atoms with Crippen molar-refractivity contribution in [2.75, 3.05) is 6.61 Å². The molecule has 2 saturated heterocycles. The van der Waals surface area contributed by atoms with Gasteiger partial charge in [-0.15, -0.1) is 0 Å². The number of fused-ring (bicyclic) bond motifs is 1. The third kappa shape index (κ3) is 1.91. The molecule has 1 amide bonds. The highest BCUT2D eigenvalue weighted by molar-refractivity contribution is 5.94. The lowest BCUT2D eigenvalue weighted by atomic mass is 9.85. The van der Waals surface area contributed by atoms with Crippen LogP contribution in [-0.2, 0) is 20.7 Å². The van der Waals surface area contributed by atoms with E-state index in [1.54, 1.807) is 12.1 Å². The summed E-state index contributed by atoms with van der Waals surface area (Å²) in [6.07, 6.45) is 1.06. The number of benzene rings is 1. The van der Waals surface area contributed by atoms with Gasteiger partial charge in [-0.05, 0) is 11.6 Å². The second kappa shape index (κ2) is 4.89. The molecule has 1 aromatic rings. The van der Waals surface area contributed by atoms with E-state index in [-0.39, 0.29) is 31.1 Å². The Hall–Kier alpha value is -2.34. The molecule has 0 saturated carbocycles. The van der Waals surface area contributed by atoms with Crippen LogP contribution < -0.4 is 0 Å². The molecule has 0 aliphatic carbocycles. The van der Waals surface area contributed by atoms with Crippen molar-refractivity contribution in [3.05, 3.63) is 47.7 Å². The number of hydrogen-bond acceptors (Lipinski definition) is 4. The van der Waals surface area contributed by atoms with Gasteiger partial charge in [0, 0.05) is 6.42 Å². The lowest BCUT2D eigenvalue weighted by Gasteiger charge is -2.40. The Kier molecular flexibility index (Phi) is 3.17. The molecule has 3 rings (SSSR count). The first-order valence-corrected chi connectivity index (χ1v) is 6.67. The van der Waals surface area contributed by atoms with Gasteiger partial charge in [0.1, 0.15) is 5.76 Å². The normalized spacial score (nSPS) is 29.0. The predicted molar refractivity (Wildman–Crippen MR) is 72.0 cm³/mol. The van der Waals surface area contributed by atoms with Gasteiger partial charge < -0.3 is 14.9 Å². The van der Waals surface area contributed by atoms with Gasteiger partial charge in [-0.1, -0.05) is 30.3 Å². The number of carboxylic acids is 1. The number of carboxylic acid groups (broad SMARTS) is 1. The van der Waals surface area contributed by atoms with Gasteiger partial charge in [0.25, 0.3) is 0 Å². The molecule has 2 aliphatic heterocycles. The first-order valence-electron chi connectivity index (χ1n) is 6.67. The molecule has 2 aliphatic rings. The number of aliphatic hydroxyl groups excluding tert-OH is 1. The van der Waals surface area contributed by atoms with Crippen LogP contribution >= 0.6 is 0 Å². The number of rotatable bonds is 4. The first-order chi connectivity index (χ1) is 10.1. The Labute approximate surface area is 121 Å². The topological polar surface area (TPSA) is 87.1 Å². The van der Waals surface area contributed by atoms with Gasteiger partial charge in [0.2, 0.25) is 11.4 Å². The number of amides is 1. The van der Waals surface area contributed by atoms with Crippen molar-refractivity contribution in [2.24, 2.45) is 0 Å². The number of ether oxygens (including phenoxy) is 1. The lowest BCUT2D eigenvalue weighted by molar-refractivity contribution is -0.170. The summed E-state index contributed by atoms with van der Waals surface area (Å²) in [5.41, 5.74) is -0.780. The summed E-state index contributed by atoms with van der Waals surface area (Å²) in [5.74, 6) is -1.27. The largest absolute Gasteiger partial charge is 0.479 e. The van der Waals surface area contributed by atoms with Gasteiger partial charge >= 0.3 is 5.97 Å². The average molecular weight is 289 g/mol. The minimum Gasteiger partial charge on any atom is -0.479 e. The number of hydrogen-bond donors (Lipinski definition) is 2. The monoisotopic (exact) mass is 289 g/mol. The molecular weight excluding hydrogens is 274 g/mol. The molecule has 110 valence electrons. The molecule has 0 aromatic heterocycles. The number of carbonyl (C=O) groups is 2. The van der Waals surface area contributed by atoms with E-state index in [1.807, 2.05) is 18.2 Å². The van der Waals surface area contributed by atoms with Gasteiger partial charge in [0.15, 0.2) is 6.23 Å². The number of aliphatic carboxylic acids is 1. The zero-order valence-electron chi connectivity index (χ0n) is 11.2. The second-order valence-corrected chi connectivity index (χ2v) is 5.12. The molecule has 2 heterocycles. The third-order valence-corrected chi connectivity index (χ3v) is 3.92. The molecule has 0 spiro atoms. The highest BCUT2D eigenvalue weighted by Crippen LogP contribution is 2.45. The van der Waals surface area contributed by atoms with Crippen molar-refractivity contribution < 1.29 is 24.5 Å². The van der Waals surface area contributed by atoms with Crippen LogP contribution in [0.4, 0.5) is 0 Å². The van der Waals surface area contributed by atoms with E-state index in [1.165, 1.54) is 11.0 Å². The highest BCUT2D eigenvalue weighted by Gasteiger charge is 2.64. The summed E-state index contributed by atoms with van der Waals surface area (Å²) in [4.78, 5) is 25.1. The Morgan fingerprint density at radius 1 is 1.43 bits per heavy atom. The van der Waals surface area contributed by atoms with E-state index in [9.17, 15) is 14.7 Å². The second-order valence-electron chi connectivity index (χ2n) is 5.12. The molecular formula is C15H15NO5. The molecule has 6 nitrogen and oxygen atoms in total. The summed E-state index contributed by atoms with van der Waals surface area (Å²) in [6.45, 7) is -0.339. The first kappa shape index (κ1) is 13.6. The van der Waals surface area contributed by atoms with Crippen molar-refractivity contribution >= 4 is 11.9 Å². The molecule has 6 heteroatoms. The maximum absolute atomic E-state index is 12.0. The van der Waals surface area contributed by atoms with Crippen LogP contribution in [0.25, 0.3) is 0 Å². The van der Waals surface area contributed by atoms with Crippen LogP contribution in [-0.4, -0.2) is 45.4 Å². The zero-order valence-corrected chi connectivity index (χ0v) is 11.2. The smallest absolute Gasteiger partial charge is 0.338 e. The van der Waals surface area contributed by atoms with Crippen LogP contribution in [0.5, 0.6) is 0 Å². The SMILES string of the molecule is O=C1C[C@H]2O/C(=C\CO)[C@](Cc3ccccc3)(C(=O)O)N12. The summed E-state index contributed by atoms with van der Waals surface area (Å²) < 4.78 is 5.55. The molecule has 2 N–H and O–H groups in total. The van der Waals surface area contributed by atoms with Crippen LogP contribution in [0.1, 0.15) is 12.0 Å². The van der Waals surface area contributed by atoms with E-state index in [2.05, 4.69) is 0 Å². The molecule has 1 aromatic carbocycles. The quantitative estimate of drug-likeness (QED) is 0.789. The van der Waals surface area contributed by atoms with E-state index in [4.69, 9.17) is 9.84 Å². The standard InChI is InChI=1S/C15H15NO5/c17-7-6-11-15(14(19)20,9-10-4-2-1-3-5-10)16-12(18)8-13(16)21-11/h1-6,13,17H,7-9H2,(H,19,20)/b11-6-/t13-,15-/m1/s1. The minimum atomic E-state index is -1.57. The molecule has 2 fully saturated rings. The van der Waals surface area contributed by atoms with Crippen LogP contribution in [0.2, 0.25) is 0 Å². The Bertz CT molecular complexity index is 612. The maximum Gasteiger partial charge on any atom is 0.338 e. The summed E-state index contributed by atoms with van der Waals surface area (Å²) >= 11 is 0. The highest BCUT2D eigenvalue weighted by atomic mass is 16.5. The van der Waals surface area contributed by atoms with Crippen molar-refractivity contribution in [2.45, 2.75) is 24.6 Å². The number of β-lactam (4-membered cyclic amide) rings is 1. The van der Waals surface area contributed by atoms with Gasteiger partial charge in [0.05, 0.1) is 13.0 Å². The predicted octanol–water partition coefficient (Wildman–Crippen LogP) is 0.517. The summed E-state index contributed by atoms with van der Waals surface area (Å²) in [5, 5.41) is 18.9. The van der Waals surface area contributed by atoms with E-state index >= 15 is 0 Å². The van der Waals surface area contributed by atoms with Crippen molar-refractivity contribution in [1.82, 2.24) is 4.90 Å². The summed E-state index contributed by atoms with van der Waals surface area (Å²) in [6, 6.07) is 9.07. The van der Waals surface area contributed by atoms with E-state index in [0.717, 1.165) is 5.56 Å². The third-order valence-electron chi connectivity index (χ3n) is 3.92. The summed E-state index contributed by atoms with van der Waals surface area (Å²) in [7, 11) is 0. The maximum atomic E-state index is 12.0. The number of aliphatic hydroxyl groups is 1. The molecule has 2 atom stereocenters. The van der Waals surface area contributed by atoms with Crippen molar-refractivity contribution in [1.29, 1.82) is 0 Å². The fourth-order valence-corrected chi connectivity index (χ4v) is 2.95. The fourth-order valence-electron chi connectivity index (χ4n) is 2.95.